The molecule has 0 heterocycles. The van der Waals surface area contributed by atoms with Gasteiger partial charge in [-0.05, 0) is 0 Å². The van der Waals surface area contributed by atoms with E-state index in [1.807, 2.05) is 0 Å². The zero-order chi connectivity index (χ0) is 12.0. The summed E-state index contributed by atoms with van der Waals surface area (Å²) in [4.78, 5) is 19.5. The topological polar surface area (TPSA) is 101 Å². The van der Waals surface area contributed by atoms with E-state index in [0.29, 0.717) is 11.3 Å². The van der Waals surface area contributed by atoms with Crippen molar-refractivity contribution in [3.8, 4) is 0 Å². The molecule has 1 aromatic carbocycles. The van der Waals surface area contributed by atoms with Crippen LogP contribution in [0.2, 0.25) is 0 Å². The first kappa shape index (κ1) is 13.9. The molecule has 1 aromatic rings. The first-order chi connectivity index (χ1) is 6.86. The van der Waals surface area contributed by atoms with Crippen LogP contribution in [0.15, 0.2) is 18.2 Å². The number of carboxylic acid groups (broad SMARTS) is 2. The minimum absolute atomic E-state index is 0.260. The van der Waals surface area contributed by atoms with E-state index in [9.17, 15) is 4.79 Å². The van der Waals surface area contributed by atoms with Gasteiger partial charge in [0.1, 0.15) is 0 Å². The van der Waals surface area contributed by atoms with Crippen molar-refractivity contribution in [1.82, 2.24) is 0 Å². The fraction of sp³-hybridized carbons (Fsp3) is 0.111. The van der Waals surface area contributed by atoms with E-state index in [1.54, 1.807) is 18.2 Å². The third-order valence-corrected chi connectivity index (χ3v) is 4.51. The maximum absolute atomic E-state index is 10.5. The molecule has 0 amide bonds. The number of hydrogen-bond donors (Lipinski definition) is 3. The summed E-state index contributed by atoms with van der Waals surface area (Å²) in [5, 5.41) is 16.1. The summed E-state index contributed by atoms with van der Waals surface area (Å²) in [6, 6.07) is 4.98. The Morgan fingerprint density at radius 2 is 1.80 bits per heavy atom. The summed E-state index contributed by atoms with van der Waals surface area (Å²) in [6.07, 6.45) is 0. The van der Waals surface area contributed by atoms with Gasteiger partial charge in [-0.1, -0.05) is 0 Å². The van der Waals surface area contributed by atoms with Crippen LogP contribution >= 0.6 is 0 Å². The average Bonchev–Trinajstić information content (AvgIpc) is 2.08. The molecule has 0 saturated heterocycles. The zero-order valence-electron chi connectivity index (χ0n) is 8.23. The van der Waals surface area contributed by atoms with Gasteiger partial charge < -0.3 is 5.11 Å². The fourth-order valence-corrected chi connectivity index (χ4v) is 2.31. The van der Waals surface area contributed by atoms with E-state index in [1.165, 1.54) is 0 Å². The summed E-state index contributed by atoms with van der Waals surface area (Å²) in [5.41, 5.74) is 6.50. The molecule has 0 radical (unpaired) electrons. The van der Waals surface area contributed by atoms with Crippen LogP contribution in [0.5, 0.6) is 0 Å². The Labute approximate surface area is 103 Å². The van der Waals surface area contributed by atoms with Crippen LogP contribution in [-0.2, 0) is 30.9 Å². The molecule has 6 heteroatoms. The Balaban J connectivity index is 0.000000423. The Hall–Kier alpha value is -1.10. The molecule has 0 aliphatic carbocycles. The van der Waals surface area contributed by atoms with Gasteiger partial charge in [-0.25, -0.2) is 0 Å². The van der Waals surface area contributed by atoms with Crippen LogP contribution in [0, 0.1) is 0 Å². The molecule has 0 bridgehead atoms. The number of hydrogen-bond acceptors (Lipinski definition) is 3. The molecule has 15 heavy (non-hydrogen) atoms. The molecule has 5 nitrogen and oxygen atoms in total. The zero-order valence-corrected chi connectivity index (χ0v) is 13.7. The molecule has 4 N–H and O–H groups in total. The molecule has 0 aliphatic heterocycles. The maximum atomic E-state index is 10.5. The van der Waals surface area contributed by atoms with Crippen LogP contribution in [0.4, 0.5) is 5.69 Å². The monoisotopic (exact) mass is 398 g/mol. The molecule has 0 aliphatic rings. The Bertz CT molecular complexity index is 374. The molecule has 0 fully saturated rings. The molecule has 0 spiro atoms. The van der Waals surface area contributed by atoms with Gasteiger partial charge in [-0.3, -0.25) is 4.79 Å². The van der Waals surface area contributed by atoms with E-state index < -0.39 is 11.9 Å². The summed E-state index contributed by atoms with van der Waals surface area (Å²) < 4.78 is 0.819. The number of anilines is 1. The number of carboxylic acids is 2. The van der Waals surface area contributed by atoms with Gasteiger partial charge in [0.25, 0.3) is 5.97 Å². The second-order valence-electron chi connectivity index (χ2n) is 2.70. The number of rotatable bonds is 1. The molecular weight excluding hydrogens is 387 g/mol. The van der Waals surface area contributed by atoms with Gasteiger partial charge in [0.15, 0.2) is 0 Å². The van der Waals surface area contributed by atoms with Crippen LogP contribution in [-0.4, -0.2) is 22.2 Å². The quantitative estimate of drug-likeness (QED) is 0.466. The van der Waals surface area contributed by atoms with Crippen LogP contribution in [0.25, 0.3) is 0 Å². The molecular formula is C9H10HgNO4. The van der Waals surface area contributed by atoms with Crippen LogP contribution < -0.4 is 8.81 Å². The van der Waals surface area contributed by atoms with Crippen molar-refractivity contribution in [3.63, 3.8) is 0 Å². The van der Waals surface area contributed by atoms with Crippen LogP contribution in [0.3, 0.4) is 0 Å². The molecule has 0 aromatic heterocycles. The first-order valence-corrected chi connectivity index (χ1v) is 6.74. The van der Waals surface area contributed by atoms with Crippen molar-refractivity contribution in [2.45, 2.75) is 6.92 Å². The van der Waals surface area contributed by atoms with E-state index >= 15 is 0 Å². The Kier molecular flexibility index (Phi) is 5.92. The van der Waals surface area contributed by atoms with Gasteiger partial charge in [0.05, 0.1) is 0 Å². The summed E-state index contributed by atoms with van der Waals surface area (Å²) in [6.45, 7) is 1.08. The normalized spacial score (nSPS) is 8.73. The predicted octanol–water partition coefficient (Wildman–Crippen LogP) is 0.230. The summed E-state index contributed by atoms with van der Waals surface area (Å²) in [7, 11) is 0. The van der Waals surface area contributed by atoms with Crippen molar-refractivity contribution in [2.24, 2.45) is 0 Å². The van der Waals surface area contributed by atoms with E-state index in [2.05, 4.69) is 0 Å². The van der Waals surface area contributed by atoms with Crippen molar-refractivity contribution in [2.75, 3.05) is 5.73 Å². The number of aliphatic carboxylic acids is 1. The predicted molar refractivity (Wildman–Crippen MR) is 50.8 cm³/mol. The number of benzene rings is 1. The minimum atomic E-state index is -0.887. The third kappa shape index (κ3) is 5.36. The van der Waals surface area contributed by atoms with Crippen molar-refractivity contribution >= 4 is 20.7 Å². The second-order valence-corrected chi connectivity index (χ2v) is 5.45. The van der Waals surface area contributed by atoms with Crippen molar-refractivity contribution < 1.29 is 45.9 Å². The number of nitrogen functional groups attached to an aromatic ring is 1. The Morgan fingerprint density at radius 1 is 1.33 bits per heavy atom. The number of aromatic carboxylic acids is 1. The SMILES string of the molecule is CC(=O)O.Nc1cccc(C(=O)O)[c]1[Hg]. The molecule has 1 rings (SSSR count). The third-order valence-electron chi connectivity index (χ3n) is 1.44. The van der Waals surface area contributed by atoms with Crippen molar-refractivity contribution in [1.29, 1.82) is 0 Å². The van der Waals surface area contributed by atoms with Crippen molar-refractivity contribution in [3.05, 3.63) is 23.8 Å². The molecule has 77 valence electrons. The van der Waals surface area contributed by atoms with Gasteiger partial charge in [-0.2, -0.15) is 0 Å². The number of nitrogens with two attached hydrogens (primary N) is 1. The molecule has 0 atom stereocenters. The second kappa shape index (κ2) is 6.39. The van der Waals surface area contributed by atoms with E-state index in [0.717, 1.165) is 10.00 Å². The van der Waals surface area contributed by atoms with E-state index in [4.69, 9.17) is 20.7 Å². The van der Waals surface area contributed by atoms with E-state index in [-0.39, 0.29) is 26.1 Å². The van der Waals surface area contributed by atoms with Gasteiger partial charge in [0.2, 0.25) is 0 Å². The van der Waals surface area contributed by atoms with Crippen LogP contribution in [0.1, 0.15) is 17.3 Å². The fourth-order valence-electron chi connectivity index (χ4n) is 0.805. The van der Waals surface area contributed by atoms with Gasteiger partial charge in [-0.15, -0.1) is 0 Å². The average molecular weight is 397 g/mol. The number of carbonyl (C=O) groups is 2. The summed E-state index contributed by atoms with van der Waals surface area (Å²) in [5.74, 6) is -1.72. The standard InChI is InChI=1S/C7H6NO2.C2H4O2.Hg/c8-6-3-1-2-5(4-6)7(9)10;1-2(3)4;/h1-3H,8H2,(H,9,10);1H3,(H,3,4);. The summed E-state index contributed by atoms with van der Waals surface area (Å²) >= 11 is 0.260. The van der Waals surface area contributed by atoms with Gasteiger partial charge in [0, 0.05) is 6.92 Å². The van der Waals surface area contributed by atoms with Gasteiger partial charge >= 0.3 is 80.2 Å². The first-order valence-electron chi connectivity index (χ1n) is 3.99. The Morgan fingerprint density at radius 3 is 2.13 bits per heavy atom. The molecule has 0 saturated carbocycles. The molecule has 0 unspecified atom stereocenters.